The van der Waals surface area contributed by atoms with Crippen LogP contribution in [0.4, 0.5) is 8.78 Å². The van der Waals surface area contributed by atoms with Crippen LogP contribution in [-0.4, -0.2) is 20.9 Å². The molecular formula is C16H16F2N2O4S. The summed E-state index contributed by atoms with van der Waals surface area (Å²) in [5.41, 5.74) is 3.05. The van der Waals surface area contributed by atoms with Crippen LogP contribution in [-0.2, 0) is 26.3 Å². The van der Waals surface area contributed by atoms with Crippen molar-refractivity contribution >= 4 is 15.9 Å². The highest BCUT2D eigenvalue weighted by atomic mass is 32.2. The zero-order chi connectivity index (χ0) is 18.3. The molecule has 0 aliphatic carbocycles. The maximum absolute atomic E-state index is 13.1. The SMILES string of the molecule is O=C(CCNS(=O)(=O)c1ccc(F)c(F)c1)NOCc1ccccc1. The van der Waals surface area contributed by atoms with E-state index in [9.17, 15) is 22.0 Å². The number of carbonyl (C=O) groups is 1. The first-order chi connectivity index (χ1) is 11.9. The number of amides is 1. The maximum Gasteiger partial charge on any atom is 0.244 e. The van der Waals surface area contributed by atoms with Crippen LogP contribution in [0.25, 0.3) is 0 Å². The van der Waals surface area contributed by atoms with Gasteiger partial charge in [0.05, 0.1) is 11.5 Å². The summed E-state index contributed by atoms with van der Waals surface area (Å²) >= 11 is 0. The van der Waals surface area contributed by atoms with Crippen LogP contribution in [0.15, 0.2) is 53.4 Å². The van der Waals surface area contributed by atoms with E-state index in [2.05, 4.69) is 10.2 Å². The first kappa shape index (κ1) is 19.0. The smallest absolute Gasteiger partial charge is 0.244 e. The van der Waals surface area contributed by atoms with Crippen LogP contribution < -0.4 is 10.2 Å². The molecule has 9 heteroatoms. The van der Waals surface area contributed by atoms with Crippen molar-refractivity contribution in [2.75, 3.05) is 6.54 Å². The fraction of sp³-hybridized carbons (Fsp3) is 0.188. The Morgan fingerprint density at radius 1 is 1.04 bits per heavy atom. The van der Waals surface area contributed by atoms with Crippen LogP contribution >= 0.6 is 0 Å². The third-order valence-corrected chi connectivity index (χ3v) is 4.57. The Bertz CT molecular complexity index is 829. The normalized spacial score (nSPS) is 11.3. The molecule has 0 aliphatic heterocycles. The van der Waals surface area contributed by atoms with E-state index in [0.29, 0.717) is 12.1 Å². The quantitative estimate of drug-likeness (QED) is 0.695. The minimum Gasteiger partial charge on any atom is -0.273 e. The Kier molecular flexibility index (Phi) is 6.57. The molecule has 25 heavy (non-hydrogen) atoms. The van der Waals surface area contributed by atoms with Crippen LogP contribution in [0.3, 0.4) is 0 Å². The molecule has 0 aromatic heterocycles. The summed E-state index contributed by atoms with van der Waals surface area (Å²) in [6.07, 6.45) is -0.183. The summed E-state index contributed by atoms with van der Waals surface area (Å²) in [5.74, 6) is -2.94. The topological polar surface area (TPSA) is 84.5 Å². The van der Waals surface area contributed by atoms with E-state index < -0.39 is 32.5 Å². The van der Waals surface area contributed by atoms with Gasteiger partial charge >= 0.3 is 0 Å². The van der Waals surface area contributed by atoms with Gasteiger partial charge in [-0.25, -0.2) is 27.4 Å². The molecule has 0 unspecified atom stereocenters. The molecule has 2 N–H and O–H groups in total. The molecule has 2 rings (SSSR count). The number of halogens is 2. The Hall–Kier alpha value is -2.36. The predicted molar refractivity (Wildman–Crippen MR) is 85.5 cm³/mol. The summed E-state index contributed by atoms with van der Waals surface area (Å²) in [7, 11) is -4.04. The lowest BCUT2D eigenvalue weighted by molar-refractivity contribution is -0.134. The largest absolute Gasteiger partial charge is 0.273 e. The molecule has 0 bridgehead atoms. The first-order valence-electron chi connectivity index (χ1n) is 7.28. The van der Waals surface area contributed by atoms with E-state index >= 15 is 0 Å². The van der Waals surface area contributed by atoms with Crippen LogP contribution in [0, 0.1) is 11.6 Å². The Morgan fingerprint density at radius 2 is 1.76 bits per heavy atom. The molecule has 0 radical (unpaired) electrons. The van der Waals surface area contributed by atoms with Gasteiger partial charge in [0.2, 0.25) is 15.9 Å². The Balaban J connectivity index is 1.75. The summed E-state index contributed by atoms with van der Waals surface area (Å²) in [5, 5.41) is 0. The van der Waals surface area contributed by atoms with Gasteiger partial charge in [-0.3, -0.25) is 9.63 Å². The van der Waals surface area contributed by atoms with Crippen molar-refractivity contribution in [3.8, 4) is 0 Å². The fourth-order valence-electron chi connectivity index (χ4n) is 1.85. The van der Waals surface area contributed by atoms with Gasteiger partial charge in [-0.2, -0.15) is 0 Å². The van der Waals surface area contributed by atoms with E-state index in [-0.39, 0.29) is 19.6 Å². The third kappa shape index (κ3) is 5.89. The number of sulfonamides is 1. The minimum absolute atomic E-state index is 0.174. The second-order valence-electron chi connectivity index (χ2n) is 5.02. The molecule has 2 aromatic rings. The number of benzene rings is 2. The fourth-order valence-corrected chi connectivity index (χ4v) is 2.89. The second kappa shape index (κ2) is 8.65. The van der Waals surface area contributed by atoms with Crippen LogP contribution in [0.2, 0.25) is 0 Å². The van der Waals surface area contributed by atoms with Gasteiger partial charge < -0.3 is 0 Å². The number of rotatable bonds is 8. The van der Waals surface area contributed by atoms with Crippen molar-refractivity contribution in [2.24, 2.45) is 0 Å². The summed E-state index contributed by atoms with van der Waals surface area (Å²) in [6.45, 7) is -0.0466. The molecule has 0 spiro atoms. The van der Waals surface area contributed by atoms with Crippen LogP contribution in [0.1, 0.15) is 12.0 Å². The highest BCUT2D eigenvalue weighted by molar-refractivity contribution is 7.89. The third-order valence-electron chi connectivity index (χ3n) is 3.11. The molecular weight excluding hydrogens is 354 g/mol. The Labute approximate surface area is 143 Å². The van der Waals surface area contributed by atoms with Crippen molar-refractivity contribution in [3.63, 3.8) is 0 Å². The van der Waals surface area contributed by atoms with E-state index in [1.54, 1.807) is 0 Å². The molecule has 0 heterocycles. The number of hydroxylamine groups is 1. The molecule has 0 aliphatic rings. The van der Waals surface area contributed by atoms with Crippen molar-refractivity contribution in [1.82, 2.24) is 10.2 Å². The van der Waals surface area contributed by atoms with E-state index in [0.717, 1.165) is 11.6 Å². The monoisotopic (exact) mass is 370 g/mol. The number of carbonyl (C=O) groups excluding carboxylic acids is 1. The van der Waals surface area contributed by atoms with E-state index in [4.69, 9.17) is 4.84 Å². The van der Waals surface area contributed by atoms with Gasteiger partial charge in [-0.05, 0) is 23.8 Å². The molecule has 134 valence electrons. The zero-order valence-electron chi connectivity index (χ0n) is 13.0. The molecule has 1 amide bonds. The molecule has 6 nitrogen and oxygen atoms in total. The van der Waals surface area contributed by atoms with Crippen molar-refractivity contribution in [1.29, 1.82) is 0 Å². The predicted octanol–water partition coefficient (Wildman–Crippen LogP) is 1.88. The molecule has 2 aromatic carbocycles. The summed E-state index contributed by atoms with van der Waals surface area (Å²) < 4.78 is 51.9. The van der Waals surface area contributed by atoms with Gasteiger partial charge in [-0.1, -0.05) is 30.3 Å². The second-order valence-corrected chi connectivity index (χ2v) is 6.79. The van der Waals surface area contributed by atoms with Gasteiger partial charge in [-0.15, -0.1) is 0 Å². The van der Waals surface area contributed by atoms with Crippen molar-refractivity contribution < 1.29 is 26.8 Å². The van der Waals surface area contributed by atoms with Gasteiger partial charge in [0.1, 0.15) is 0 Å². The van der Waals surface area contributed by atoms with E-state index in [1.165, 1.54) is 0 Å². The van der Waals surface area contributed by atoms with E-state index in [1.807, 2.05) is 30.3 Å². The molecule has 0 atom stereocenters. The highest BCUT2D eigenvalue weighted by Crippen LogP contribution is 2.13. The van der Waals surface area contributed by atoms with Crippen LogP contribution in [0.5, 0.6) is 0 Å². The molecule has 0 saturated carbocycles. The minimum atomic E-state index is -4.04. The van der Waals surface area contributed by atoms with Gasteiger partial charge in [0.15, 0.2) is 11.6 Å². The lowest BCUT2D eigenvalue weighted by Crippen LogP contribution is -2.30. The summed E-state index contributed by atoms with van der Waals surface area (Å²) in [4.78, 5) is 16.2. The number of hydrogen-bond acceptors (Lipinski definition) is 4. The number of hydrogen-bond donors (Lipinski definition) is 2. The number of nitrogens with one attached hydrogen (secondary N) is 2. The van der Waals surface area contributed by atoms with Crippen molar-refractivity contribution in [2.45, 2.75) is 17.9 Å². The maximum atomic E-state index is 13.1. The van der Waals surface area contributed by atoms with Gasteiger partial charge in [0.25, 0.3) is 0 Å². The highest BCUT2D eigenvalue weighted by Gasteiger charge is 2.16. The summed E-state index contributed by atoms with van der Waals surface area (Å²) in [6, 6.07) is 11.4. The average Bonchev–Trinajstić information content (AvgIpc) is 2.58. The zero-order valence-corrected chi connectivity index (χ0v) is 13.9. The standard InChI is InChI=1S/C16H16F2N2O4S/c17-14-7-6-13(10-15(14)18)25(22,23)19-9-8-16(21)20-24-11-12-4-2-1-3-5-12/h1-7,10,19H,8-9,11H2,(H,20,21). The first-order valence-corrected chi connectivity index (χ1v) is 8.76. The lowest BCUT2D eigenvalue weighted by atomic mass is 10.2. The van der Waals surface area contributed by atoms with Gasteiger partial charge in [0, 0.05) is 13.0 Å². The Morgan fingerprint density at radius 3 is 2.44 bits per heavy atom. The molecule has 0 fully saturated rings. The molecule has 0 saturated heterocycles. The van der Waals surface area contributed by atoms with Crippen molar-refractivity contribution in [3.05, 3.63) is 65.7 Å². The average molecular weight is 370 g/mol. The lowest BCUT2D eigenvalue weighted by Gasteiger charge is -2.08.